The van der Waals surface area contributed by atoms with Gasteiger partial charge in [0.1, 0.15) is 0 Å². The summed E-state index contributed by atoms with van der Waals surface area (Å²) in [5, 5.41) is 24.9. The predicted octanol–water partition coefficient (Wildman–Crippen LogP) is 6.00. The Bertz CT molecular complexity index is 1530. The first-order valence-electron chi connectivity index (χ1n) is 11.7. The van der Waals surface area contributed by atoms with Crippen LogP contribution in [0.3, 0.4) is 0 Å². The van der Waals surface area contributed by atoms with E-state index >= 15 is 0 Å². The number of hydrogen-bond donors (Lipinski definition) is 4. The van der Waals surface area contributed by atoms with Crippen LogP contribution >= 0.6 is 11.8 Å². The number of thioether (sulfide) groups is 1. The third-order valence-corrected chi connectivity index (χ3v) is 7.17. The van der Waals surface area contributed by atoms with E-state index in [1.165, 1.54) is 42.1 Å². The molecule has 0 heterocycles. The van der Waals surface area contributed by atoms with E-state index in [9.17, 15) is 24.3 Å². The third-order valence-electron chi connectivity index (χ3n) is 5.81. The fourth-order valence-corrected chi connectivity index (χ4v) is 4.97. The van der Waals surface area contributed by atoms with Crippen LogP contribution in [-0.4, -0.2) is 39.2 Å². The second kappa shape index (κ2) is 11.6. The van der Waals surface area contributed by atoms with Gasteiger partial charge in [-0.2, -0.15) is 0 Å². The van der Waals surface area contributed by atoms with Crippen molar-refractivity contribution in [1.29, 1.82) is 0 Å². The second-order valence-electron chi connectivity index (χ2n) is 8.38. The zero-order chi connectivity index (χ0) is 27.2. The van der Waals surface area contributed by atoms with Crippen LogP contribution in [-0.2, 0) is 4.79 Å². The summed E-state index contributed by atoms with van der Waals surface area (Å²) in [6.07, 6.45) is 0.536. The first-order chi connectivity index (χ1) is 18.3. The normalized spacial score (nSPS) is 11.5. The molecule has 0 aromatic heterocycles. The molecule has 4 aromatic rings. The standard InChI is InChI=1S/C29H24N2O6S/c1-2-24(27(33)30-19-14-12-18(13-15-19)28(34)35)38-21-9-5-8-20(16-21)31-26(32)22-10-3-6-17-7-4-11-23(25(17)22)29(36)37/h3-16,24H,2H2,1H3,(H,30,33)(H,31,32)(H,34,35)(H,36,37). The van der Waals surface area contributed by atoms with Crippen molar-refractivity contribution in [3.63, 3.8) is 0 Å². The van der Waals surface area contributed by atoms with Crippen LogP contribution in [0.4, 0.5) is 11.4 Å². The van der Waals surface area contributed by atoms with Crippen LogP contribution in [0.5, 0.6) is 0 Å². The lowest BCUT2D eigenvalue weighted by atomic mass is 9.98. The molecule has 4 aromatic carbocycles. The molecule has 4 rings (SSSR count). The zero-order valence-electron chi connectivity index (χ0n) is 20.3. The van der Waals surface area contributed by atoms with E-state index in [4.69, 9.17) is 5.11 Å². The molecule has 1 atom stereocenters. The van der Waals surface area contributed by atoms with Gasteiger partial charge < -0.3 is 20.8 Å². The van der Waals surface area contributed by atoms with Gasteiger partial charge in [-0.1, -0.05) is 37.3 Å². The molecule has 8 nitrogen and oxygen atoms in total. The monoisotopic (exact) mass is 528 g/mol. The van der Waals surface area contributed by atoms with E-state index < -0.39 is 23.1 Å². The number of nitrogens with one attached hydrogen (secondary N) is 2. The lowest BCUT2D eigenvalue weighted by molar-refractivity contribution is -0.115. The molecule has 2 amide bonds. The van der Waals surface area contributed by atoms with Gasteiger partial charge in [-0.25, -0.2) is 9.59 Å². The van der Waals surface area contributed by atoms with E-state index in [-0.39, 0.29) is 22.6 Å². The Morgan fingerprint density at radius 1 is 0.763 bits per heavy atom. The molecule has 0 aliphatic rings. The van der Waals surface area contributed by atoms with Gasteiger partial charge in [-0.3, -0.25) is 9.59 Å². The Balaban J connectivity index is 1.49. The molecule has 1 unspecified atom stereocenters. The zero-order valence-corrected chi connectivity index (χ0v) is 21.1. The number of anilines is 2. The lowest BCUT2D eigenvalue weighted by Gasteiger charge is -2.16. The molecule has 0 aliphatic heterocycles. The van der Waals surface area contributed by atoms with Gasteiger partial charge in [0.25, 0.3) is 5.91 Å². The van der Waals surface area contributed by atoms with Crippen molar-refractivity contribution in [2.24, 2.45) is 0 Å². The molecule has 192 valence electrons. The average molecular weight is 529 g/mol. The number of rotatable bonds is 9. The molecular formula is C29H24N2O6S. The number of amides is 2. The molecule has 38 heavy (non-hydrogen) atoms. The maximum Gasteiger partial charge on any atom is 0.336 e. The maximum atomic E-state index is 13.2. The number of hydrogen-bond acceptors (Lipinski definition) is 5. The number of carbonyl (C=O) groups is 4. The summed E-state index contributed by atoms with van der Waals surface area (Å²) >= 11 is 1.33. The quantitative estimate of drug-likeness (QED) is 0.196. The van der Waals surface area contributed by atoms with E-state index in [1.54, 1.807) is 48.5 Å². The van der Waals surface area contributed by atoms with Gasteiger partial charge in [-0.15, -0.1) is 11.8 Å². The predicted molar refractivity (Wildman–Crippen MR) is 147 cm³/mol. The number of fused-ring (bicyclic) bond motifs is 1. The Kier molecular flexibility index (Phi) is 8.08. The number of carboxylic acid groups (broad SMARTS) is 2. The Morgan fingerprint density at radius 3 is 2.05 bits per heavy atom. The minimum absolute atomic E-state index is 0.0481. The third kappa shape index (κ3) is 6.01. The Labute approximate surface area is 222 Å². The van der Waals surface area contributed by atoms with Gasteiger partial charge in [-0.05, 0) is 66.4 Å². The average Bonchev–Trinajstić information content (AvgIpc) is 2.91. The second-order valence-corrected chi connectivity index (χ2v) is 9.66. The van der Waals surface area contributed by atoms with Crippen molar-refractivity contribution < 1.29 is 29.4 Å². The molecule has 0 spiro atoms. The van der Waals surface area contributed by atoms with Crippen LogP contribution in [0.15, 0.2) is 89.8 Å². The largest absolute Gasteiger partial charge is 0.478 e. The van der Waals surface area contributed by atoms with Crippen molar-refractivity contribution in [2.45, 2.75) is 23.5 Å². The SMILES string of the molecule is CCC(Sc1cccc(NC(=O)c2cccc3cccc(C(=O)O)c23)c1)C(=O)Nc1ccc(C(=O)O)cc1. The molecule has 0 radical (unpaired) electrons. The number of benzene rings is 4. The minimum Gasteiger partial charge on any atom is -0.478 e. The van der Waals surface area contributed by atoms with Crippen LogP contribution in [0.25, 0.3) is 10.8 Å². The number of carboxylic acids is 2. The Hall–Kier alpha value is -4.63. The maximum absolute atomic E-state index is 13.2. The van der Waals surface area contributed by atoms with Crippen molar-refractivity contribution in [2.75, 3.05) is 10.6 Å². The van der Waals surface area contributed by atoms with Crippen LogP contribution in [0, 0.1) is 0 Å². The minimum atomic E-state index is -1.11. The lowest BCUT2D eigenvalue weighted by Crippen LogP contribution is -2.24. The summed E-state index contributed by atoms with van der Waals surface area (Å²) < 4.78 is 0. The molecule has 0 aliphatic carbocycles. The van der Waals surface area contributed by atoms with Gasteiger partial charge >= 0.3 is 11.9 Å². The van der Waals surface area contributed by atoms with E-state index in [0.29, 0.717) is 28.6 Å². The van der Waals surface area contributed by atoms with Gasteiger partial charge in [0.05, 0.1) is 16.4 Å². The topological polar surface area (TPSA) is 133 Å². The van der Waals surface area contributed by atoms with Gasteiger partial charge in [0.2, 0.25) is 5.91 Å². The highest BCUT2D eigenvalue weighted by Gasteiger charge is 2.20. The van der Waals surface area contributed by atoms with Crippen molar-refractivity contribution in [3.8, 4) is 0 Å². The van der Waals surface area contributed by atoms with E-state index in [2.05, 4.69) is 10.6 Å². The van der Waals surface area contributed by atoms with Crippen molar-refractivity contribution in [1.82, 2.24) is 0 Å². The summed E-state index contributed by atoms with van der Waals surface area (Å²) in [5.41, 5.74) is 1.43. The molecule has 9 heteroatoms. The highest BCUT2D eigenvalue weighted by Crippen LogP contribution is 2.30. The van der Waals surface area contributed by atoms with Gasteiger partial charge in [0.15, 0.2) is 0 Å². The summed E-state index contributed by atoms with van der Waals surface area (Å²) in [7, 11) is 0. The van der Waals surface area contributed by atoms with Crippen molar-refractivity contribution >= 4 is 57.7 Å². The first-order valence-corrected chi connectivity index (χ1v) is 12.6. The molecule has 0 saturated carbocycles. The molecule has 0 bridgehead atoms. The fraction of sp³-hybridized carbons (Fsp3) is 0.103. The summed E-state index contributed by atoms with van der Waals surface area (Å²) in [6, 6.07) is 22.9. The van der Waals surface area contributed by atoms with Crippen LogP contribution in [0.1, 0.15) is 44.4 Å². The van der Waals surface area contributed by atoms with Gasteiger partial charge in [0, 0.05) is 27.2 Å². The Morgan fingerprint density at radius 2 is 1.42 bits per heavy atom. The highest BCUT2D eigenvalue weighted by molar-refractivity contribution is 8.00. The summed E-state index contributed by atoms with van der Waals surface area (Å²) in [4.78, 5) is 49.5. The molecule has 0 fully saturated rings. The van der Waals surface area contributed by atoms with Crippen LogP contribution < -0.4 is 10.6 Å². The summed E-state index contributed by atoms with van der Waals surface area (Å²) in [5.74, 6) is -2.83. The van der Waals surface area contributed by atoms with Crippen molar-refractivity contribution in [3.05, 3.63) is 102 Å². The molecule has 4 N–H and O–H groups in total. The number of aromatic carboxylic acids is 2. The first kappa shape index (κ1) is 26.4. The molecule has 0 saturated heterocycles. The smallest absolute Gasteiger partial charge is 0.336 e. The van der Waals surface area contributed by atoms with E-state index in [1.807, 2.05) is 13.0 Å². The highest BCUT2D eigenvalue weighted by atomic mass is 32.2. The molecular weight excluding hydrogens is 504 g/mol. The van der Waals surface area contributed by atoms with E-state index in [0.717, 1.165) is 4.90 Å². The fourth-order valence-electron chi connectivity index (χ4n) is 3.96. The van der Waals surface area contributed by atoms with Crippen LogP contribution in [0.2, 0.25) is 0 Å². The summed E-state index contributed by atoms with van der Waals surface area (Å²) in [6.45, 7) is 1.89. The number of carbonyl (C=O) groups excluding carboxylic acids is 2.